The largest absolute Gasteiger partial charge is 0.378 e. The molecule has 1 aromatic rings. The van der Waals surface area contributed by atoms with Gasteiger partial charge in [-0.2, -0.15) is 0 Å². The summed E-state index contributed by atoms with van der Waals surface area (Å²) in [6.07, 6.45) is 5.34. The molecule has 0 aromatic heterocycles. The molecule has 1 saturated heterocycles. The lowest BCUT2D eigenvalue weighted by molar-refractivity contribution is 0.0922. The van der Waals surface area contributed by atoms with Crippen LogP contribution in [0.1, 0.15) is 42.5 Å². The molecule has 0 bridgehead atoms. The molecule has 3 heteroatoms. The molecule has 2 nitrogen and oxygen atoms in total. The van der Waals surface area contributed by atoms with E-state index in [1.165, 1.54) is 6.42 Å². The summed E-state index contributed by atoms with van der Waals surface area (Å²) < 4.78 is 6.67. The molecule has 17 heavy (non-hydrogen) atoms. The first-order chi connectivity index (χ1) is 8.25. The van der Waals surface area contributed by atoms with Crippen LogP contribution in [-0.2, 0) is 4.74 Å². The van der Waals surface area contributed by atoms with Crippen molar-refractivity contribution in [1.29, 1.82) is 0 Å². The van der Waals surface area contributed by atoms with E-state index in [9.17, 15) is 4.79 Å². The Labute approximate surface area is 116 Å². The van der Waals surface area contributed by atoms with Gasteiger partial charge in [0.15, 0.2) is 5.78 Å². The summed E-state index contributed by atoms with van der Waals surface area (Å²) in [7, 11) is 0. The van der Waals surface area contributed by atoms with Crippen LogP contribution in [-0.4, -0.2) is 18.5 Å². The molecular formula is C14H17IO2. The minimum absolute atomic E-state index is 0.251. The van der Waals surface area contributed by atoms with Crippen molar-refractivity contribution in [2.45, 2.75) is 38.2 Å². The standard InChI is InChI=1S/C14H17IO2/c15-12-5-1-4-11(10-12)14(16)8-2-6-13-7-3-9-17-13/h1,4-5,10,13H,2-3,6-9H2. The fourth-order valence-corrected chi connectivity index (χ4v) is 2.71. The Morgan fingerprint density at radius 2 is 2.35 bits per heavy atom. The van der Waals surface area contributed by atoms with Crippen LogP contribution < -0.4 is 0 Å². The van der Waals surface area contributed by atoms with Crippen molar-refractivity contribution in [2.75, 3.05) is 6.61 Å². The van der Waals surface area contributed by atoms with E-state index in [1.54, 1.807) is 0 Å². The number of halogens is 1. The number of carbonyl (C=O) groups is 1. The van der Waals surface area contributed by atoms with Gasteiger partial charge < -0.3 is 4.74 Å². The number of Topliss-reactive ketones (excluding diaryl/α,β-unsaturated/α-hetero) is 1. The molecule has 1 unspecified atom stereocenters. The maximum absolute atomic E-state index is 11.9. The van der Waals surface area contributed by atoms with Gasteiger partial charge in [-0.1, -0.05) is 12.1 Å². The summed E-state index contributed by atoms with van der Waals surface area (Å²) in [6.45, 7) is 0.898. The van der Waals surface area contributed by atoms with Crippen LogP contribution in [0.4, 0.5) is 0 Å². The summed E-state index contributed by atoms with van der Waals surface area (Å²) in [5.41, 5.74) is 0.837. The lowest BCUT2D eigenvalue weighted by Gasteiger charge is -2.08. The van der Waals surface area contributed by atoms with Gasteiger partial charge in [-0.25, -0.2) is 0 Å². The van der Waals surface area contributed by atoms with Crippen molar-refractivity contribution in [1.82, 2.24) is 0 Å². The Morgan fingerprint density at radius 1 is 1.47 bits per heavy atom. The van der Waals surface area contributed by atoms with Gasteiger partial charge in [0.1, 0.15) is 0 Å². The smallest absolute Gasteiger partial charge is 0.162 e. The first-order valence-electron chi connectivity index (χ1n) is 6.16. The van der Waals surface area contributed by atoms with E-state index in [2.05, 4.69) is 22.6 Å². The van der Waals surface area contributed by atoms with Crippen LogP contribution in [0.25, 0.3) is 0 Å². The van der Waals surface area contributed by atoms with Crippen LogP contribution in [0.15, 0.2) is 24.3 Å². The number of rotatable bonds is 5. The third kappa shape index (κ3) is 4.07. The third-order valence-corrected chi connectivity index (χ3v) is 3.77. The van der Waals surface area contributed by atoms with E-state index in [0.717, 1.165) is 35.0 Å². The van der Waals surface area contributed by atoms with Gasteiger partial charge in [-0.05, 0) is 60.4 Å². The van der Waals surface area contributed by atoms with Gasteiger partial charge in [0, 0.05) is 22.2 Å². The zero-order chi connectivity index (χ0) is 12.1. The van der Waals surface area contributed by atoms with Crippen LogP contribution >= 0.6 is 22.6 Å². The molecule has 1 aliphatic heterocycles. The monoisotopic (exact) mass is 344 g/mol. The van der Waals surface area contributed by atoms with Gasteiger partial charge in [0.2, 0.25) is 0 Å². The average molecular weight is 344 g/mol. The quantitative estimate of drug-likeness (QED) is 0.600. The Hall–Kier alpha value is -0.420. The summed E-state index contributed by atoms with van der Waals surface area (Å²) >= 11 is 2.24. The maximum atomic E-state index is 11.9. The first-order valence-corrected chi connectivity index (χ1v) is 7.24. The average Bonchev–Trinajstić information content (AvgIpc) is 2.82. The molecule has 0 saturated carbocycles. The van der Waals surface area contributed by atoms with Crippen molar-refractivity contribution in [3.8, 4) is 0 Å². The lowest BCUT2D eigenvalue weighted by Crippen LogP contribution is -2.06. The fraction of sp³-hybridized carbons (Fsp3) is 0.500. The molecule has 1 atom stereocenters. The minimum Gasteiger partial charge on any atom is -0.378 e. The normalized spacial score (nSPS) is 19.5. The van der Waals surface area contributed by atoms with Crippen molar-refractivity contribution in [2.24, 2.45) is 0 Å². The first kappa shape index (κ1) is 13.0. The predicted octanol–water partition coefficient (Wildman–Crippen LogP) is 3.82. The second-order valence-corrected chi connectivity index (χ2v) is 5.71. The Balaban J connectivity index is 1.77. The van der Waals surface area contributed by atoms with E-state index in [0.29, 0.717) is 12.5 Å². The zero-order valence-corrected chi connectivity index (χ0v) is 12.0. The molecule has 0 spiro atoms. The third-order valence-electron chi connectivity index (χ3n) is 3.10. The van der Waals surface area contributed by atoms with Gasteiger partial charge in [-0.15, -0.1) is 0 Å². The molecule has 1 fully saturated rings. The second-order valence-electron chi connectivity index (χ2n) is 4.46. The zero-order valence-electron chi connectivity index (χ0n) is 9.82. The Kier molecular flexibility index (Phi) is 4.98. The van der Waals surface area contributed by atoms with Crippen LogP contribution in [0.3, 0.4) is 0 Å². The molecule has 1 aromatic carbocycles. The highest BCUT2D eigenvalue weighted by Gasteiger charge is 2.15. The van der Waals surface area contributed by atoms with Crippen molar-refractivity contribution in [3.05, 3.63) is 33.4 Å². The number of ether oxygens (including phenoxy) is 1. The fourth-order valence-electron chi connectivity index (χ4n) is 2.17. The van der Waals surface area contributed by atoms with Gasteiger partial charge in [0.05, 0.1) is 6.10 Å². The molecule has 2 rings (SSSR count). The van der Waals surface area contributed by atoms with Crippen molar-refractivity contribution in [3.63, 3.8) is 0 Å². The maximum Gasteiger partial charge on any atom is 0.162 e. The highest BCUT2D eigenvalue weighted by Crippen LogP contribution is 2.19. The van der Waals surface area contributed by atoms with E-state index < -0.39 is 0 Å². The summed E-state index contributed by atoms with van der Waals surface area (Å²) in [5.74, 6) is 0.251. The van der Waals surface area contributed by atoms with E-state index >= 15 is 0 Å². The Morgan fingerprint density at radius 3 is 3.06 bits per heavy atom. The van der Waals surface area contributed by atoms with Gasteiger partial charge in [0.25, 0.3) is 0 Å². The summed E-state index contributed by atoms with van der Waals surface area (Å²) in [6, 6.07) is 7.80. The van der Waals surface area contributed by atoms with Crippen molar-refractivity contribution < 1.29 is 9.53 Å². The topological polar surface area (TPSA) is 26.3 Å². The van der Waals surface area contributed by atoms with Gasteiger partial charge in [-0.3, -0.25) is 4.79 Å². The highest BCUT2D eigenvalue weighted by molar-refractivity contribution is 14.1. The molecular weight excluding hydrogens is 327 g/mol. The van der Waals surface area contributed by atoms with Crippen molar-refractivity contribution >= 4 is 28.4 Å². The molecule has 1 aliphatic rings. The summed E-state index contributed by atoms with van der Waals surface area (Å²) in [4.78, 5) is 11.9. The number of hydrogen-bond donors (Lipinski definition) is 0. The number of ketones is 1. The Bertz CT molecular complexity index is 384. The molecule has 1 heterocycles. The number of benzene rings is 1. The number of hydrogen-bond acceptors (Lipinski definition) is 2. The molecule has 0 radical (unpaired) electrons. The predicted molar refractivity (Wildman–Crippen MR) is 76.3 cm³/mol. The van der Waals surface area contributed by atoms with Crippen LogP contribution in [0, 0.1) is 3.57 Å². The van der Waals surface area contributed by atoms with Gasteiger partial charge >= 0.3 is 0 Å². The van der Waals surface area contributed by atoms with Crippen LogP contribution in [0.2, 0.25) is 0 Å². The summed E-state index contributed by atoms with van der Waals surface area (Å²) in [5, 5.41) is 0. The highest BCUT2D eigenvalue weighted by atomic mass is 127. The SMILES string of the molecule is O=C(CCCC1CCCO1)c1cccc(I)c1. The minimum atomic E-state index is 0.251. The molecule has 0 amide bonds. The molecule has 92 valence electrons. The van der Waals surface area contributed by atoms with E-state index in [4.69, 9.17) is 4.74 Å². The van der Waals surface area contributed by atoms with E-state index in [-0.39, 0.29) is 5.78 Å². The molecule has 0 N–H and O–H groups in total. The van der Waals surface area contributed by atoms with E-state index in [1.807, 2.05) is 24.3 Å². The number of carbonyl (C=O) groups excluding carboxylic acids is 1. The second kappa shape index (κ2) is 6.50. The molecule has 0 aliphatic carbocycles. The lowest BCUT2D eigenvalue weighted by atomic mass is 10.0. The van der Waals surface area contributed by atoms with Crippen LogP contribution in [0.5, 0.6) is 0 Å².